The first kappa shape index (κ1) is 21.6. The Kier molecular flexibility index (Phi) is 6.25. The number of anilines is 1. The fraction of sp³-hybridized carbons (Fsp3) is 0.471. The molecular formula is C17H18F5N3O3. The maximum absolute atomic E-state index is 13.9. The Labute approximate surface area is 157 Å². The van der Waals surface area contributed by atoms with Crippen molar-refractivity contribution in [1.82, 2.24) is 10.6 Å². The number of alkyl halides is 3. The van der Waals surface area contributed by atoms with E-state index in [2.05, 4.69) is 5.32 Å². The molecule has 0 aromatic heterocycles. The van der Waals surface area contributed by atoms with E-state index < -0.39 is 59.2 Å². The Morgan fingerprint density at radius 1 is 1.18 bits per heavy atom. The highest BCUT2D eigenvalue weighted by atomic mass is 19.4. The highest BCUT2D eigenvalue weighted by molar-refractivity contribution is 6.02. The Morgan fingerprint density at radius 3 is 2.25 bits per heavy atom. The molecule has 6 nitrogen and oxygen atoms in total. The topological polar surface area (TPSA) is 78.5 Å². The molecule has 2 atom stereocenters. The number of amides is 3. The molecular weight excluding hydrogens is 389 g/mol. The number of benzene rings is 1. The summed E-state index contributed by atoms with van der Waals surface area (Å²) in [6, 6.07) is 0.347. The molecule has 1 unspecified atom stereocenters. The van der Waals surface area contributed by atoms with Crippen LogP contribution in [0.5, 0.6) is 0 Å². The van der Waals surface area contributed by atoms with Crippen LogP contribution in [-0.4, -0.2) is 42.5 Å². The summed E-state index contributed by atoms with van der Waals surface area (Å²) in [7, 11) is 0. The van der Waals surface area contributed by atoms with Gasteiger partial charge in [0, 0.05) is 6.54 Å². The number of para-hydroxylation sites is 1. The van der Waals surface area contributed by atoms with E-state index in [1.165, 1.54) is 13.8 Å². The van der Waals surface area contributed by atoms with Crippen LogP contribution in [0.1, 0.15) is 20.3 Å². The molecule has 2 rings (SSSR count). The lowest BCUT2D eigenvalue weighted by atomic mass is 10.0. The monoisotopic (exact) mass is 407 g/mol. The molecule has 0 saturated carbocycles. The highest BCUT2D eigenvalue weighted by Crippen LogP contribution is 2.27. The van der Waals surface area contributed by atoms with Crippen molar-refractivity contribution in [2.75, 3.05) is 11.4 Å². The minimum Gasteiger partial charge on any atom is -0.342 e. The summed E-state index contributed by atoms with van der Waals surface area (Å²) < 4.78 is 65.1. The van der Waals surface area contributed by atoms with Gasteiger partial charge in [-0.25, -0.2) is 8.78 Å². The van der Waals surface area contributed by atoms with Crippen molar-refractivity contribution in [3.05, 3.63) is 29.8 Å². The van der Waals surface area contributed by atoms with Gasteiger partial charge in [-0.15, -0.1) is 0 Å². The van der Waals surface area contributed by atoms with Gasteiger partial charge in [-0.05, 0) is 24.5 Å². The van der Waals surface area contributed by atoms with Crippen molar-refractivity contribution >= 4 is 23.4 Å². The van der Waals surface area contributed by atoms with Gasteiger partial charge < -0.3 is 15.5 Å². The van der Waals surface area contributed by atoms with Crippen LogP contribution in [0.25, 0.3) is 0 Å². The third-order valence-corrected chi connectivity index (χ3v) is 4.22. The largest absolute Gasteiger partial charge is 0.471 e. The molecule has 11 heteroatoms. The zero-order chi connectivity index (χ0) is 21.2. The van der Waals surface area contributed by atoms with Crippen molar-refractivity contribution in [2.45, 2.75) is 38.5 Å². The van der Waals surface area contributed by atoms with Crippen LogP contribution in [-0.2, 0) is 14.4 Å². The standard InChI is InChI=1S/C17H18F5N3O3/c1-8(2)12(24-16(28)17(20,21)22)14(26)23-11-6-7-25(15(11)27)13-9(18)4-3-5-10(13)19/h3-5,8,11-12H,6-7H2,1-2H3,(H,23,26)(H,24,28)/t11?,12-/m0/s1. The van der Waals surface area contributed by atoms with Crippen LogP contribution in [0.4, 0.5) is 27.6 Å². The molecule has 1 fully saturated rings. The first-order valence-electron chi connectivity index (χ1n) is 8.37. The van der Waals surface area contributed by atoms with Gasteiger partial charge in [0.1, 0.15) is 29.4 Å². The van der Waals surface area contributed by atoms with Gasteiger partial charge in [0.15, 0.2) is 0 Å². The summed E-state index contributed by atoms with van der Waals surface area (Å²) in [5.41, 5.74) is -0.560. The van der Waals surface area contributed by atoms with E-state index in [-0.39, 0.29) is 13.0 Å². The molecule has 1 heterocycles. The van der Waals surface area contributed by atoms with Crippen LogP contribution in [0.15, 0.2) is 18.2 Å². The lowest BCUT2D eigenvalue weighted by molar-refractivity contribution is -0.175. The number of carbonyl (C=O) groups is 3. The number of hydrogen-bond donors (Lipinski definition) is 2. The van der Waals surface area contributed by atoms with Crippen molar-refractivity contribution in [2.24, 2.45) is 5.92 Å². The molecule has 0 aliphatic carbocycles. The van der Waals surface area contributed by atoms with Gasteiger partial charge in [0.25, 0.3) is 0 Å². The molecule has 0 bridgehead atoms. The molecule has 0 radical (unpaired) electrons. The fourth-order valence-corrected chi connectivity index (χ4v) is 2.80. The van der Waals surface area contributed by atoms with Gasteiger partial charge >= 0.3 is 12.1 Å². The summed E-state index contributed by atoms with van der Waals surface area (Å²) in [5, 5.41) is 3.83. The zero-order valence-corrected chi connectivity index (χ0v) is 14.9. The normalized spacial score (nSPS) is 18.4. The minimum atomic E-state index is -5.17. The summed E-state index contributed by atoms with van der Waals surface area (Å²) in [5.74, 6) is -6.71. The smallest absolute Gasteiger partial charge is 0.342 e. The van der Waals surface area contributed by atoms with Gasteiger partial charge in [-0.3, -0.25) is 14.4 Å². The maximum Gasteiger partial charge on any atom is 0.471 e. The Hall–Kier alpha value is -2.72. The van der Waals surface area contributed by atoms with E-state index in [1.54, 1.807) is 5.32 Å². The third kappa shape index (κ3) is 4.57. The molecule has 0 spiro atoms. The number of rotatable bonds is 5. The molecule has 1 aliphatic heterocycles. The third-order valence-electron chi connectivity index (χ3n) is 4.22. The van der Waals surface area contributed by atoms with E-state index in [0.29, 0.717) is 0 Å². The Morgan fingerprint density at radius 2 is 1.75 bits per heavy atom. The average molecular weight is 407 g/mol. The quantitative estimate of drug-likeness (QED) is 0.732. The van der Waals surface area contributed by atoms with E-state index in [4.69, 9.17) is 0 Å². The van der Waals surface area contributed by atoms with Crippen molar-refractivity contribution in [3.63, 3.8) is 0 Å². The molecule has 3 amide bonds. The molecule has 1 aliphatic rings. The molecule has 2 N–H and O–H groups in total. The molecule has 28 heavy (non-hydrogen) atoms. The first-order valence-corrected chi connectivity index (χ1v) is 8.37. The van der Waals surface area contributed by atoms with Crippen LogP contribution in [0, 0.1) is 17.6 Å². The number of nitrogens with zero attached hydrogens (tertiary/aromatic N) is 1. The molecule has 1 aromatic carbocycles. The second-order valence-electron chi connectivity index (χ2n) is 6.60. The van der Waals surface area contributed by atoms with Crippen molar-refractivity contribution < 1.29 is 36.3 Å². The van der Waals surface area contributed by atoms with Crippen molar-refractivity contribution in [1.29, 1.82) is 0 Å². The molecule has 154 valence electrons. The summed E-state index contributed by atoms with van der Waals surface area (Å²) in [4.78, 5) is 36.7. The fourth-order valence-electron chi connectivity index (χ4n) is 2.80. The van der Waals surface area contributed by atoms with Gasteiger partial charge in [-0.1, -0.05) is 19.9 Å². The Bertz CT molecular complexity index is 762. The Balaban J connectivity index is 2.11. The minimum absolute atomic E-state index is 0.00359. The van der Waals surface area contributed by atoms with E-state index >= 15 is 0 Å². The van der Waals surface area contributed by atoms with Gasteiger partial charge in [-0.2, -0.15) is 13.2 Å². The summed E-state index contributed by atoms with van der Waals surface area (Å²) in [6.07, 6.45) is -5.17. The highest BCUT2D eigenvalue weighted by Gasteiger charge is 2.42. The predicted molar refractivity (Wildman–Crippen MR) is 88.1 cm³/mol. The van der Waals surface area contributed by atoms with E-state index in [9.17, 15) is 36.3 Å². The lowest BCUT2D eigenvalue weighted by Gasteiger charge is -2.24. The van der Waals surface area contributed by atoms with E-state index in [1.807, 2.05) is 0 Å². The average Bonchev–Trinajstić information content (AvgIpc) is 2.92. The second-order valence-corrected chi connectivity index (χ2v) is 6.60. The molecule has 1 aromatic rings. The second kappa shape index (κ2) is 8.11. The SMILES string of the molecule is CC(C)[C@H](NC(=O)C(F)(F)F)C(=O)NC1CCN(c2c(F)cccc2F)C1=O. The zero-order valence-electron chi connectivity index (χ0n) is 14.9. The van der Waals surface area contributed by atoms with Crippen LogP contribution >= 0.6 is 0 Å². The number of nitrogens with one attached hydrogen (secondary N) is 2. The predicted octanol–water partition coefficient (Wildman–Crippen LogP) is 1.89. The maximum atomic E-state index is 13.9. The number of carbonyl (C=O) groups excluding carboxylic acids is 3. The van der Waals surface area contributed by atoms with Gasteiger partial charge in [0.05, 0.1) is 0 Å². The summed E-state index contributed by atoms with van der Waals surface area (Å²) >= 11 is 0. The van der Waals surface area contributed by atoms with Crippen LogP contribution in [0.2, 0.25) is 0 Å². The van der Waals surface area contributed by atoms with E-state index in [0.717, 1.165) is 23.1 Å². The van der Waals surface area contributed by atoms with Crippen LogP contribution in [0.3, 0.4) is 0 Å². The number of hydrogen-bond acceptors (Lipinski definition) is 3. The van der Waals surface area contributed by atoms with Crippen LogP contribution < -0.4 is 15.5 Å². The first-order chi connectivity index (χ1) is 12.9. The summed E-state index contributed by atoms with van der Waals surface area (Å²) in [6.45, 7) is 2.74. The number of halogens is 5. The molecule has 1 saturated heterocycles. The van der Waals surface area contributed by atoms with Gasteiger partial charge in [0.2, 0.25) is 11.8 Å². The lowest BCUT2D eigenvalue weighted by Crippen LogP contribution is -2.55. The van der Waals surface area contributed by atoms with Crippen molar-refractivity contribution in [3.8, 4) is 0 Å².